The summed E-state index contributed by atoms with van der Waals surface area (Å²) in [5.74, 6) is -0.572. The zero-order chi connectivity index (χ0) is 20.9. The number of thiophene rings is 1. The summed E-state index contributed by atoms with van der Waals surface area (Å²) in [7, 11) is 0. The van der Waals surface area contributed by atoms with Gasteiger partial charge in [-0.2, -0.15) is 0 Å². The van der Waals surface area contributed by atoms with E-state index >= 15 is 0 Å². The summed E-state index contributed by atoms with van der Waals surface area (Å²) < 4.78 is 5.05. The normalized spacial score (nSPS) is 10.5. The van der Waals surface area contributed by atoms with Crippen molar-refractivity contribution >= 4 is 28.8 Å². The fraction of sp³-hybridized carbons (Fsp3) is 0.0455. The summed E-state index contributed by atoms with van der Waals surface area (Å²) in [6.07, 6.45) is 1.43. The number of carbonyl (C=O) groups excluding carboxylic acids is 2. The summed E-state index contributed by atoms with van der Waals surface area (Å²) in [4.78, 5) is 40.3. The Bertz CT molecular complexity index is 1210. The van der Waals surface area contributed by atoms with Gasteiger partial charge in [0.25, 0.3) is 17.4 Å². The van der Waals surface area contributed by atoms with E-state index < -0.39 is 11.5 Å². The molecular weight excluding hydrogens is 402 g/mol. The number of aromatic nitrogens is 1. The Morgan fingerprint density at radius 3 is 2.47 bits per heavy atom. The van der Waals surface area contributed by atoms with Gasteiger partial charge in [0.1, 0.15) is 5.56 Å². The van der Waals surface area contributed by atoms with Crippen molar-refractivity contribution in [1.82, 2.24) is 10.3 Å². The van der Waals surface area contributed by atoms with Gasteiger partial charge < -0.3 is 20.0 Å². The number of hydrogen-bond donors (Lipinski definition) is 3. The van der Waals surface area contributed by atoms with Crippen molar-refractivity contribution in [3.63, 3.8) is 0 Å². The number of nitrogens with one attached hydrogen (secondary N) is 3. The molecule has 30 heavy (non-hydrogen) atoms. The van der Waals surface area contributed by atoms with Crippen LogP contribution in [0.1, 0.15) is 26.5 Å². The summed E-state index contributed by atoms with van der Waals surface area (Å²) in [6.45, 7) is 0.247. The molecule has 1 aromatic carbocycles. The molecule has 3 aromatic heterocycles. The van der Waals surface area contributed by atoms with Crippen LogP contribution in [0, 0.1) is 0 Å². The quantitative estimate of drug-likeness (QED) is 0.441. The number of amides is 2. The van der Waals surface area contributed by atoms with Gasteiger partial charge in [0, 0.05) is 12.2 Å². The van der Waals surface area contributed by atoms with E-state index in [-0.39, 0.29) is 23.8 Å². The smallest absolute Gasteiger partial charge is 0.291 e. The Morgan fingerprint density at radius 2 is 1.80 bits per heavy atom. The molecule has 0 aliphatic rings. The highest BCUT2D eigenvalue weighted by atomic mass is 32.1. The summed E-state index contributed by atoms with van der Waals surface area (Å²) in [5.41, 5.74) is 1.73. The van der Waals surface area contributed by atoms with Gasteiger partial charge in [-0.1, -0.05) is 18.2 Å². The lowest BCUT2D eigenvalue weighted by molar-refractivity contribution is 0.0948. The molecule has 0 aliphatic heterocycles. The number of furan rings is 1. The molecule has 4 rings (SSSR count). The Balaban J connectivity index is 1.36. The number of rotatable bonds is 6. The number of anilines is 1. The summed E-state index contributed by atoms with van der Waals surface area (Å²) in [5, 5.41) is 7.37. The average Bonchev–Trinajstić information content (AvgIpc) is 3.47. The van der Waals surface area contributed by atoms with Gasteiger partial charge in [-0.15, -0.1) is 11.3 Å². The van der Waals surface area contributed by atoms with Crippen molar-refractivity contribution in [3.05, 3.63) is 99.5 Å². The van der Waals surface area contributed by atoms with Crippen molar-refractivity contribution in [2.24, 2.45) is 0 Å². The Kier molecular flexibility index (Phi) is 5.58. The largest absolute Gasteiger partial charge is 0.459 e. The molecule has 0 atom stereocenters. The fourth-order valence-electron chi connectivity index (χ4n) is 2.81. The fourth-order valence-corrected chi connectivity index (χ4v) is 3.52. The van der Waals surface area contributed by atoms with Crippen molar-refractivity contribution in [3.8, 4) is 10.6 Å². The molecular formula is C22H17N3O4S. The molecule has 0 aliphatic carbocycles. The van der Waals surface area contributed by atoms with Gasteiger partial charge in [0.05, 0.1) is 16.8 Å². The lowest BCUT2D eigenvalue weighted by Gasteiger charge is -2.07. The molecule has 0 fully saturated rings. The molecule has 8 heteroatoms. The lowest BCUT2D eigenvalue weighted by Crippen LogP contribution is -2.29. The first-order valence-corrected chi connectivity index (χ1v) is 9.97. The standard InChI is InChI=1S/C22H17N3O4S/c26-20(16-9-10-17(25-21(16)27)19-4-2-12-30-19)23-13-14-5-7-15(8-6-14)24-22(28)18-3-1-11-29-18/h1-12H,13H2,(H,23,26)(H,24,28)(H,25,27). The molecule has 2 amide bonds. The van der Waals surface area contributed by atoms with Gasteiger partial charge in [0.2, 0.25) is 0 Å². The van der Waals surface area contributed by atoms with Crippen LogP contribution in [0.5, 0.6) is 0 Å². The van der Waals surface area contributed by atoms with Crippen molar-refractivity contribution < 1.29 is 14.0 Å². The van der Waals surface area contributed by atoms with E-state index in [2.05, 4.69) is 15.6 Å². The van der Waals surface area contributed by atoms with Crippen LogP contribution in [0.4, 0.5) is 5.69 Å². The predicted octanol–water partition coefficient (Wildman–Crippen LogP) is 3.88. The number of pyridine rings is 1. The van der Waals surface area contributed by atoms with E-state index in [0.717, 1.165) is 10.4 Å². The zero-order valence-corrected chi connectivity index (χ0v) is 16.5. The minimum Gasteiger partial charge on any atom is -0.459 e. The first kappa shape index (κ1) is 19.4. The highest BCUT2D eigenvalue weighted by Gasteiger charge is 2.12. The summed E-state index contributed by atoms with van der Waals surface area (Å²) >= 11 is 1.51. The van der Waals surface area contributed by atoms with Gasteiger partial charge in [-0.3, -0.25) is 14.4 Å². The SMILES string of the molecule is O=C(Nc1ccc(CNC(=O)c2ccc(-c3cccs3)[nH]c2=O)cc1)c1ccco1. The van der Waals surface area contributed by atoms with Gasteiger partial charge >= 0.3 is 0 Å². The van der Waals surface area contributed by atoms with Crippen LogP contribution in [0.2, 0.25) is 0 Å². The topological polar surface area (TPSA) is 104 Å². The van der Waals surface area contributed by atoms with Crippen LogP contribution >= 0.6 is 11.3 Å². The number of aromatic amines is 1. The van der Waals surface area contributed by atoms with Crippen LogP contribution in [-0.4, -0.2) is 16.8 Å². The Labute approximate surface area is 175 Å². The Morgan fingerprint density at radius 1 is 0.967 bits per heavy atom. The molecule has 0 unspecified atom stereocenters. The van der Waals surface area contributed by atoms with Gasteiger partial charge in [-0.25, -0.2) is 0 Å². The van der Waals surface area contributed by atoms with Crippen molar-refractivity contribution in [2.45, 2.75) is 6.54 Å². The first-order chi connectivity index (χ1) is 14.6. The third-order valence-electron chi connectivity index (χ3n) is 4.35. The molecule has 7 nitrogen and oxygen atoms in total. The van der Waals surface area contributed by atoms with E-state index in [1.807, 2.05) is 17.5 Å². The third-order valence-corrected chi connectivity index (χ3v) is 5.25. The minimum absolute atomic E-state index is 0.0534. The zero-order valence-electron chi connectivity index (χ0n) is 15.7. The minimum atomic E-state index is -0.454. The molecule has 3 N–H and O–H groups in total. The van der Waals surface area contributed by atoms with E-state index in [9.17, 15) is 14.4 Å². The highest BCUT2D eigenvalue weighted by molar-refractivity contribution is 7.13. The maximum atomic E-state index is 12.4. The van der Waals surface area contributed by atoms with Crippen LogP contribution in [-0.2, 0) is 6.54 Å². The lowest BCUT2D eigenvalue weighted by atomic mass is 10.2. The van der Waals surface area contributed by atoms with E-state index in [0.29, 0.717) is 11.4 Å². The number of hydrogen-bond acceptors (Lipinski definition) is 5. The molecule has 0 radical (unpaired) electrons. The summed E-state index contributed by atoms with van der Waals surface area (Å²) in [6, 6.07) is 17.3. The van der Waals surface area contributed by atoms with Gasteiger partial charge in [-0.05, 0) is 53.4 Å². The van der Waals surface area contributed by atoms with E-state index in [1.54, 1.807) is 42.5 Å². The van der Waals surface area contributed by atoms with Crippen LogP contribution in [0.25, 0.3) is 10.6 Å². The number of H-pyrrole nitrogens is 1. The second-order valence-corrected chi connectivity index (χ2v) is 7.35. The number of carbonyl (C=O) groups is 2. The molecule has 3 heterocycles. The van der Waals surface area contributed by atoms with Crippen LogP contribution < -0.4 is 16.2 Å². The maximum absolute atomic E-state index is 12.4. The third kappa shape index (κ3) is 4.39. The molecule has 0 saturated heterocycles. The first-order valence-electron chi connectivity index (χ1n) is 9.09. The van der Waals surface area contributed by atoms with Crippen LogP contribution in [0.15, 0.2) is 81.5 Å². The molecule has 0 bridgehead atoms. The Hall–Kier alpha value is -3.91. The van der Waals surface area contributed by atoms with Gasteiger partial charge in [0.15, 0.2) is 5.76 Å². The average molecular weight is 419 g/mol. The van der Waals surface area contributed by atoms with Crippen molar-refractivity contribution in [1.29, 1.82) is 0 Å². The molecule has 0 saturated carbocycles. The second-order valence-electron chi connectivity index (χ2n) is 6.40. The highest BCUT2D eigenvalue weighted by Crippen LogP contribution is 2.21. The van der Waals surface area contributed by atoms with E-state index in [1.165, 1.54) is 23.7 Å². The number of benzene rings is 1. The van der Waals surface area contributed by atoms with Crippen LogP contribution in [0.3, 0.4) is 0 Å². The predicted molar refractivity (Wildman–Crippen MR) is 115 cm³/mol. The monoisotopic (exact) mass is 419 g/mol. The van der Waals surface area contributed by atoms with E-state index in [4.69, 9.17) is 4.42 Å². The molecule has 0 spiro atoms. The maximum Gasteiger partial charge on any atom is 0.291 e. The second kappa shape index (κ2) is 8.62. The van der Waals surface area contributed by atoms with Crippen molar-refractivity contribution in [2.75, 3.05) is 5.32 Å². The molecule has 150 valence electrons. The molecule has 4 aromatic rings.